The molecule has 130 valence electrons. The van der Waals surface area contributed by atoms with Gasteiger partial charge in [0, 0.05) is 21.3 Å². The molecule has 1 amide bonds. The highest BCUT2D eigenvalue weighted by atomic mass is 35.5. The lowest BCUT2D eigenvalue weighted by Gasteiger charge is -2.07. The number of pyridine rings is 1. The van der Waals surface area contributed by atoms with E-state index in [2.05, 4.69) is 10.3 Å². The summed E-state index contributed by atoms with van der Waals surface area (Å²) >= 11 is 7.38. The van der Waals surface area contributed by atoms with E-state index in [0.717, 1.165) is 15.6 Å². The molecule has 0 aliphatic heterocycles. The lowest BCUT2D eigenvalue weighted by Crippen LogP contribution is -2.10. The van der Waals surface area contributed by atoms with Crippen LogP contribution in [0, 0.1) is 0 Å². The van der Waals surface area contributed by atoms with Gasteiger partial charge < -0.3 is 15.0 Å². The number of rotatable bonds is 3. The van der Waals surface area contributed by atoms with Crippen molar-refractivity contribution in [3.05, 3.63) is 68.8 Å². The van der Waals surface area contributed by atoms with Gasteiger partial charge in [0.2, 0.25) is 0 Å². The molecular weight excluding hydrogens is 372 g/mol. The number of benzene rings is 2. The van der Waals surface area contributed by atoms with E-state index in [1.54, 1.807) is 24.3 Å². The number of para-hydroxylation sites is 1. The molecule has 0 aliphatic rings. The molecule has 7 heteroatoms. The van der Waals surface area contributed by atoms with Crippen molar-refractivity contribution in [2.45, 2.75) is 0 Å². The second-order valence-electron chi connectivity index (χ2n) is 5.66. The van der Waals surface area contributed by atoms with Crippen molar-refractivity contribution in [3.8, 4) is 5.75 Å². The second kappa shape index (κ2) is 6.48. The summed E-state index contributed by atoms with van der Waals surface area (Å²) in [6.45, 7) is 0. The zero-order valence-electron chi connectivity index (χ0n) is 13.6. The van der Waals surface area contributed by atoms with Crippen molar-refractivity contribution in [1.29, 1.82) is 0 Å². The van der Waals surface area contributed by atoms with E-state index >= 15 is 0 Å². The van der Waals surface area contributed by atoms with Crippen LogP contribution >= 0.6 is 22.9 Å². The van der Waals surface area contributed by atoms with E-state index in [0.29, 0.717) is 26.7 Å². The number of amides is 1. The highest BCUT2D eigenvalue weighted by molar-refractivity contribution is 7.21. The van der Waals surface area contributed by atoms with E-state index in [-0.39, 0.29) is 11.5 Å². The maximum atomic E-state index is 12.6. The molecular formula is C19H13ClN2O3S. The van der Waals surface area contributed by atoms with Crippen LogP contribution in [0.5, 0.6) is 5.75 Å². The number of carbonyl (C=O) groups excluding carboxylic acids is 1. The van der Waals surface area contributed by atoms with E-state index < -0.39 is 0 Å². The minimum Gasteiger partial charge on any atom is -0.495 e. The van der Waals surface area contributed by atoms with Gasteiger partial charge >= 0.3 is 0 Å². The molecule has 4 rings (SSSR count). The number of ether oxygens (including phenoxy) is 1. The van der Waals surface area contributed by atoms with Crippen LogP contribution in [0.1, 0.15) is 9.67 Å². The Balaban J connectivity index is 1.73. The molecule has 26 heavy (non-hydrogen) atoms. The number of fused-ring (bicyclic) bond motifs is 3. The average Bonchev–Trinajstić information content (AvgIpc) is 3.08. The summed E-state index contributed by atoms with van der Waals surface area (Å²) in [6, 6.07) is 14.2. The van der Waals surface area contributed by atoms with E-state index in [4.69, 9.17) is 16.3 Å². The molecule has 2 aromatic heterocycles. The van der Waals surface area contributed by atoms with Gasteiger partial charge in [-0.25, -0.2) is 0 Å². The van der Waals surface area contributed by atoms with Crippen molar-refractivity contribution in [2.24, 2.45) is 0 Å². The molecule has 0 fully saturated rings. The molecule has 0 saturated heterocycles. The van der Waals surface area contributed by atoms with Crippen LogP contribution in [0.3, 0.4) is 0 Å². The number of hydrogen-bond donors (Lipinski definition) is 2. The van der Waals surface area contributed by atoms with E-state index in [1.165, 1.54) is 18.4 Å². The largest absolute Gasteiger partial charge is 0.495 e. The van der Waals surface area contributed by atoms with Crippen molar-refractivity contribution in [3.63, 3.8) is 0 Å². The van der Waals surface area contributed by atoms with E-state index in [9.17, 15) is 9.59 Å². The van der Waals surface area contributed by atoms with Gasteiger partial charge in [-0.1, -0.05) is 29.8 Å². The third kappa shape index (κ3) is 2.83. The minimum atomic E-state index is -0.295. The normalized spacial score (nSPS) is 11.0. The predicted molar refractivity (Wildman–Crippen MR) is 106 cm³/mol. The number of anilines is 1. The summed E-state index contributed by atoms with van der Waals surface area (Å²) in [6.07, 6.45) is 0. The summed E-state index contributed by atoms with van der Waals surface area (Å²) in [5.74, 6) is 0.237. The summed E-state index contributed by atoms with van der Waals surface area (Å²) in [7, 11) is 1.53. The molecule has 2 aromatic carbocycles. The van der Waals surface area contributed by atoms with Crippen LogP contribution in [-0.4, -0.2) is 18.0 Å². The summed E-state index contributed by atoms with van der Waals surface area (Å²) in [4.78, 5) is 28.2. The average molecular weight is 385 g/mol. The maximum absolute atomic E-state index is 12.6. The van der Waals surface area contributed by atoms with Gasteiger partial charge in [-0.05, 0) is 30.3 Å². The Labute approximate surface area is 157 Å². The maximum Gasteiger partial charge on any atom is 0.265 e. The van der Waals surface area contributed by atoms with Crippen molar-refractivity contribution in [1.82, 2.24) is 4.98 Å². The number of halogens is 1. The fraction of sp³-hybridized carbons (Fsp3) is 0.0526. The SMILES string of the molecule is COc1ccc(NC(=O)c2cc3c(=O)[nH]c4ccccc4c3s2)cc1Cl. The molecule has 0 bridgehead atoms. The van der Waals surface area contributed by atoms with Gasteiger partial charge in [0.1, 0.15) is 5.75 Å². The van der Waals surface area contributed by atoms with Crippen LogP contribution in [0.25, 0.3) is 21.0 Å². The molecule has 4 aromatic rings. The van der Waals surface area contributed by atoms with Crippen LogP contribution in [0.2, 0.25) is 5.02 Å². The number of aromatic nitrogens is 1. The zero-order valence-corrected chi connectivity index (χ0v) is 15.2. The Morgan fingerprint density at radius 1 is 1.15 bits per heavy atom. The Morgan fingerprint density at radius 3 is 2.73 bits per heavy atom. The summed E-state index contributed by atoms with van der Waals surface area (Å²) in [5, 5.41) is 4.63. The van der Waals surface area contributed by atoms with Gasteiger partial charge in [0.05, 0.1) is 22.4 Å². The van der Waals surface area contributed by atoms with Gasteiger partial charge in [0.15, 0.2) is 0 Å². The topological polar surface area (TPSA) is 71.2 Å². The molecule has 0 unspecified atom stereocenters. The van der Waals surface area contributed by atoms with Gasteiger partial charge in [-0.3, -0.25) is 9.59 Å². The molecule has 0 aliphatic carbocycles. The molecule has 0 saturated carbocycles. The quantitative estimate of drug-likeness (QED) is 0.539. The molecule has 0 spiro atoms. The first-order valence-corrected chi connectivity index (χ1v) is 8.96. The number of H-pyrrole nitrogens is 1. The van der Waals surface area contributed by atoms with Crippen molar-refractivity contribution < 1.29 is 9.53 Å². The van der Waals surface area contributed by atoms with Crippen LogP contribution < -0.4 is 15.6 Å². The Morgan fingerprint density at radius 2 is 1.96 bits per heavy atom. The Hall–Kier alpha value is -2.83. The lowest BCUT2D eigenvalue weighted by atomic mass is 10.2. The monoisotopic (exact) mass is 384 g/mol. The van der Waals surface area contributed by atoms with Crippen LogP contribution in [-0.2, 0) is 0 Å². The number of methoxy groups -OCH3 is 1. The molecule has 2 N–H and O–H groups in total. The number of hydrogen-bond acceptors (Lipinski definition) is 4. The number of carbonyl (C=O) groups is 1. The first-order valence-electron chi connectivity index (χ1n) is 7.76. The highest BCUT2D eigenvalue weighted by Crippen LogP contribution is 2.31. The van der Waals surface area contributed by atoms with Crippen molar-refractivity contribution in [2.75, 3.05) is 12.4 Å². The first-order chi connectivity index (χ1) is 12.6. The zero-order chi connectivity index (χ0) is 18.3. The lowest BCUT2D eigenvalue weighted by molar-refractivity contribution is 0.103. The van der Waals surface area contributed by atoms with E-state index in [1.807, 2.05) is 24.3 Å². The van der Waals surface area contributed by atoms with Crippen molar-refractivity contribution >= 4 is 55.5 Å². The van der Waals surface area contributed by atoms with Gasteiger partial charge in [0.25, 0.3) is 11.5 Å². The second-order valence-corrected chi connectivity index (χ2v) is 7.12. The third-order valence-corrected chi connectivity index (χ3v) is 5.49. The molecule has 5 nitrogen and oxygen atoms in total. The summed E-state index contributed by atoms with van der Waals surface area (Å²) < 4.78 is 5.90. The van der Waals surface area contributed by atoms with Crippen LogP contribution in [0.4, 0.5) is 5.69 Å². The van der Waals surface area contributed by atoms with Gasteiger partial charge in [-0.15, -0.1) is 11.3 Å². The standard InChI is InChI=1S/C19H13ClN2O3S/c1-25-15-7-6-10(8-13(15)20)21-19(24)16-9-12-17(26-16)11-4-2-3-5-14(11)22-18(12)23/h2-9H,1H3,(H,21,24)(H,22,23). The van der Waals surface area contributed by atoms with Crippen LogP contribution in [0.15, 0.2) is 53.3 Å². The molecule has 0 radical (unpaired) electrons. The Kier molecular flexibility index (Phi) is 4.14. The highest BCUT2D eigenvalue weighted by Gasteiger charge is 2.15. The molecule has 0 atom stereocenters. The number of thiophene rings is 1. The minimum absolute atomic E-state index is 0.207. The van der Waals surface area contributed by atoms with Gasteiger partial charge in [-0.2, -0.15) is 0 Å². The smallest absolute Gasteiger partial charge is 0.265 e. The summed E-state index contributed by atoms with van der Waals surface area (Å²) in [5.41, 5.74) is 1.10. The molecule has 2 heterocycles. The number of aromatic amines is 1. The predicted octanol–water partition coefficient (Wildman–Crippen LogP) is 4.66. The third-order valence-electron chi connectivity index (χ3n) is 4.03. The fourth-order valence-corrected chi connectivity index (χ4v) is 4.14. The first kappa shape index (κ1) is 16.6. The Bertz CT molecular complexity index is 1210. The fourth-order valence-electron chi connectivity index (χ4n) is 2.79. The number of nitrogens with one attached hydrogen (secondary N) is 2.